The third kappa shape index (κ3) is 5.26. The Hall–Kier alpha value is -1.44. The molecule has 0 saturated carbocycles. The number of hydrogen-bond donors (Lipinski definition) is 1. The molecule has 0 radical (unpaired) electrons. The van der Waals surface area contributed by atoms with E-state index in [9.17, 15) is 13.2 Å². The van der Waals surface area contributed by atoms with E-state index in [0.29, 0.717) is 25.2 Å². The molecule has 1 fully saturated rings. The molecule has 1 N–H and O–H groups in total. The molecule has 1 aliphatic heterocycles. The third-order valence-corrected chi connectivity index (χ3v) is 6.13. The topological polar surface area (TPSA) is 75.7 Å². The first-order valence-corrected chi connectivity index (χ1v) is 10.4. The van der Waals surface area contributed by atoms with E-state index in [4.69, 9.17) is 4.74 Å². The Bertz CT molecular complexity index is 646. The Kier molecular flexibility index (Phi) is 7.40. The third-order valence-electron chi connectivity index (χ3n) is 4.21. The van der Waals surface area contributed by atoms with Gasteiger partial charge in [-0.1, -0.05) is 13.8 Å². The van der Waals surface area contributed by atoms with Crippen LogP contribution >= 0.6 is 0 Å². The van der Waals surface area contributed by atoms with Crippen molar-refractivity contribution in [1.29, 1.82) is 0 Å². The van der Waals surface area contributed by atoms with Crippen molar-refractivity contribution in [1.82, 2.24) is 9.62 Å². The number of benzene rings is 1. The highest BCUT2D eigenvalue weighted by Gasteiger charge is 2.23. The molecule has 1 saturated heterocycles. The standard InChI is InChI=1S/C18H28N2O4S/c1-3-11-20(12-4-2)25(22,23)17-9-7-15(8-10-17)18(21)19-14-16-6-5-13-24-16/h7-10,16H,3-6,11-14H2,1-2H3,(H,19,21). The van der Waals surface area contributed by atoms with Crippen LogP contribution < -0.4 is 5.32 Å². The highest BCUT2D eigenvalue weighted by molar-refractivity contribution is 7.89. The quantitative estimate of drug-likeness (QED) is 0.726. The van der Waals surface area contributed by atoms with Gasteiger partial charge in [0.1, 0.15) is 0 Å². The van der Waals surface area contributed by atoms with Crippen molar-refractivity contribution >= 4 is 15.9 Å². The number of nitrogens with zero attached hydrogens (tertiary/aromatic N) is 1. The first kappa shape index (κ1) is 19.9. The van der Waals surface area contributed by atoms with Gasteiger partial charge in [-0.2, -0.15) is 4.31 Å². The molecule has 0 aliphatic carbocycles. The molecule has 1 heterocycles. The summed E-state index contributed by atoms with van der Waals surface area (Å²) in [5.74, 6) is -0.210. The van der Waals surface area contributed by atoms with E-state index in [-0.39, 0.29) is 16.9 Å². The molecule has 1 aromatic rings. The summed E-state index contributed by atoms with van der Waals surface area (Å²) in [7, 11) is -3.51. The molecule has 1 amide bonds. The van der Waals surface area contributed by atoms with Gasteiger partial charge in [0.15, 0.2) is 0 Å². The van der Waals surface area contributed by atoms with Crippen LogP contribution in [0.3, 0.4) is 0 Å². The lowest BCUT2D eigenvalue weighted by molar-refractivity contribution is 0.0857. The van der Waals surface area contributed by atoms with Crippen LogP contribution in [0.5, 0.6) is 0 Å². The molecule has 0 bridgehead atoms. The summed E-state index contributed by atoms with van der Waals surface area (Å²) in [5, 5.41) is 2.84. The SMILES string of the molecule is CCCN(CCC)S(=O)(=O)c1ccc(C(=O)NCC2CCCO2)cc1. The second kappa shape index (κ2) is 9.31. The predicted octanol–water partition coefficient (Wildman–Crippen LogP) is 2.41. The number of carbonyl (C=O) groups is 1. The zero-order valence-corrected chi connectivity index (χ0v) is 15.8. The fourth-order valence-corrected chi connectivity index (χ4v) is 4.52. The van der Waals surface area contributed by atoms with Gasteiger partial charge < -0.3 is 10.1 Å². The molecule has 1 aromatic carbocycles. The van der Waals surface area contributed by atoms with Crippen LogP contribution in [0.2, 0.25) is 0 Å². The average Bonchev–Trinajstić information content (AvgIpc) is 3.13. The lowest BCUT2D eigenvalue weighted by Gasteiger charge is -2.21. The van der Waals surface area contributed by atoms with Gasteiger partial charge in [0.05, 0.1) is 11.0 Å². The largest absolute Gasteiger partial charge is 0.376 e. The van der Waals surface area contributed by atoms with Crippen LogP contribution in [-0.2, 0) is 14.8 Å². The second-order valence-corrected chi connectivity index (χ2v) is 8.21. The summed E-state index contributed by atoms with van der Waals surface area (Å²) in [6.07, 6.45) is 3.60. The van der Waals surface area contributed by atoms with E-state index in [1.165, 1.54) is 16.4 Å². The maximum atomic E-state index is 12.7. The minimum atomic E-state index is -3.51. The molecule has 7 heteroatoms. The molecule has 2 rings (SSSR count). The Labute approximate surface area is 150 Å². The van der Waals surface area contributed by atoms with Gasteiger partial charge in [0.25, 0.3) is 5.91 Å². The van der Waals surface area contributed by atoms with E-state index < -0.39 is 10.0 Å². The minimum Gasteiger partial charge on any atom is -0.376 e. The Balaban J connectivity index is 2.03. The zero-order valence-electron chi connectivity index (χ0n) is 15.0. The van der Waals surface area contributed by atoms with Crippen molar-refractivity contribution < 1.29 is 17.9 Å². The first-order valence-electron chi connectivity index (χ1n) is 8.99. The molecule has 25 heavy (non-hydrogen) atoms. The fraction of sp³-hybridized carbons (Fsp3) is 0.611. The maximum Gasteiger partial charge on any atom is 0.251 e. The van der Waals surface area contributed by atoms with Crippen molar-refractivity contribution in [2.45, 2.75) is 50.5 Å². The van der Waals surface area contributed by atoms with Gasteiger partial charge in [-0.15, -0.1) is 0 Å². The number of ether oxygens (including phenoxy) is 1. The normalized spacial score (nSPS) is 17.8. The Morgan fingerprint density at radius 3 is 2.36 bits per heavy atom. The molecule has 6 nitrogen and oxygen atoms in total. The molecule has 0 spiro atoms. The number of hydrogen-bond acceptors (Lipinski definition) is 4. The molecule has 0 aromatic heterocycles. The number of amides is 1. The summed E-state index contributed by atoms with van der Waals surface area (Å²) < 4.78 is 32.4. The monoisotopic (exact) mass is 368 g/mol. The van der Waals surface area contributed by atoms with Crippen molar-refractivity contribution in [2.75, 3.05) is 26.2 Å². The van der Waals surface area contributed by atoms with Crippen LogP contribution in [0, 0.1) is 0 Å². The van der Waals surface area contributed by atoms with Crippen LogP contribution in [-0.4, -0.2) is 51.0 Å². The van der Waals surface area contributed by atoms with Crippen LogP contribution in [0.1, 0.15) is 49.9 Å². The summed E-state index contributed by atoms with van der Waals surface area (Å²) in [5.41, 5.74) is 0.453. The molecule has 1 unspecified atom stereocenters. The maximum absolute atomic E-state index is 12.7. The summed E-state index contributed by atoms with van der Waals surface area (Å²) in [4.78, 5) is 12.4. The molecular weight excluding hydrogens is 340 g/mol. The lowest BCUT2D eigenvalue weighted by atomic mass is 10.2. The van der Waals surface area contributed by atoms with E-state index in [0.717, 1.165) is 32.3 Å². The number of rotatable bonds is 9. The van der Waals surface area contributed by atoms with Crippen LogP contribution in [0.15, 0.2) is 29.2 Å². The number of nitrogens with one attached hydrogen (secondary N) is 1. The van der Waals surface area contributed by atoms with Crippen molar-refractivity contribution in [3.63, 3.8) is 0 Å². The first-order chi connectivity index (χ1) is 12.0. The highest BCUT2D eigenvalue weighted by Crippen LogP contribution is 2.17. The average molecular weight is 368 g/mol. The van der Waals surface area contributed by atoms with Crippen LogP contribution in [0.25, 0.3) is 0 Å². The van der Waals surface area contributed by atoms with Crippen molar-refractivity contribution in [2.24, 2.45) is 0 Å². The van der Waals surface area contributed by atoms with Gasteiger partial charge in [0, 0.05) is 31.8 Å². The van der Waals surface area contributed by atoms with Crippen LogP contribution in [0.4, 0.5) is 0 Å². The van der Waals surface area contributed by atoms with E-state index >= 15 is 0 Å². The van der Waals surface area contributed by atoms with Gasteiger partial charge in [-0.05, 0) is 49.9 Å². The smallest absolute Gasteiger partial charge is 0.251 e. The molecular formula is C18H28N2O4S. The minimum absolute atomic E-state index is 0.0836. The van der Waals surface area contributed by atoms with E-state index in [2.05, 4.69) is 5.32 Å². The Morgan fingerprint density at radius 2 is 1.84 bits per heavy atom. The fourth-order valence-electron chi connectivity index (χ4n) is 2.89. The highest BCUT2D eigenvalue weighted by atomic mass is 32.2. The summed E-state index contributed by atoms with van der Waals surface area (Å²) >= 11 is 0. The van der Waals surface area contributed by atoms with Gasteiger partial charge >= 0.3 is 0 Å². The lowest BCUT2D eigenvalue weighted by Crippen LogP contribution is -2.33. The zero-order chi connectivity index (χ0) is 18.3. The molecule has 140 valence electrons. The second-order valence-electron chi connectivity index (χ2n) is 6.27. The van der Waals surface area contributed by atoms with Gasteiger partial charge in [-0.25, -0.2) is 8.42 Å². The predicted molar refractivity (Wildman–Crippen MR) is 97.1 cm³/mol. The van der Waals surface area contributed by atoms with Gasteiger partial charge in [0.2, 0.25) is 10.0 Å². The summed E-state index contributed by atoms with van der Waals surface area (Å²) in [6.45, 7) is 6.15. The van der Waals surface area contributed by atoms with Crippen molar-refractivity contribution in [3.8, 4) is 0 Å². The molecule has 1 aliphatic rings. The number of sulfonamides is 1. The van der Waals surface area contributed by atoms with Gasteiger partial charge in [-0.3, -0.25) is 4.79 Å². The molecule has 1 atom stereocenters. The number of carbonyl (C=O) groups excluding carboxylic acids is 1. The summed E-state index contributed by atoms with van der Waals surface area (Å²) in [6, 6.07) is 6.14. The Morgan fingerprint density at radius 1 is 1.20 bits per heavy atom. The van der Waals surface area contributed by atoms with E-state index in [1.807, 2.05) is 13.8 Å². The van der Waals surface area contributed by atoms with E-state index in [1.54, 1.807) is 12.1 Å². The van der Waals surface area contributed by atoms with Crippen molar-refractivity contribution in [3.05, 3.63) is 29.8 Å².